The van der Waals surface area contributed by atoms with E-state index in [1.54, 1.807) is 12.1 Å². The second-order valence-electron chi connectivity index (χ2n) is 13.3. The van der Waals surface area contributed by atoms with E-state index in [9.17, 15) is 20.4 Å². The maximum atomic E-state index is 11.4. The fraction of sp³-hybridized carbons (Fsp3) is 0.568. The molecule has 8 nitrogen and oxygen atoms in total. The van der Waals surface area contributed by atoms with Crippen molar-refractivity contribution in [2.75, 3.05) is 13.2 Å². The molecule has 3 aliphatic rings. The van der Waals surface area contributed by atoms with Crippen LogP contribution in [0.1, 0.15) is 76.0 Å². The highest BCUT2D eigenvalue weighted by atomic mass is 16.5. The minimum Gasteiger partial charge on any atom is -0.504 e. The summed E-state index contributed by atoms with van der Waals surface area (Å²) in [5, 5.41) is 46.8. The van der Waals surface area contributed by atoms with Crippen molar-refractivity contribution in [1.29, 1.82) is 0 Å². The number of benzene rings is 1. The predicted octanol–water partition coefficient (Wildman–Crippen LogP) is 4.69. The average Bonchev–Trinajstić information content (AvgIpc) is 3.49. The number of phenols is 1. The first kappa shape index (κ1) is 33.0. The molecule has 2 bridgehead atoms. The number of aromatic nitrogens is 1. The van der Waals surface area contributed by atoms with Crippen molar-refractivity contribution in [2.45, 2.75) is 95.9 Å². The number of rotatable bonds is 13. The molecule has 0 amide bonds. The van der Waals surface area contributed by atoms with Crippen LogP contribution in [0.2, 0.25) is 0 Å². The van der Waals surface area contributed by atoms with Crippen molar-refractivity contribution < 1.29 is 25.2 Å². The fourth-order valence-electron chi connectivity index (χ4n) is 7.48. The van der Waals surface area contributed by atoms with E-state index in [4.69, 9.17) is 10.5 Å². The van der Waals surface area contributed by atoms with Gasteiger partial charge in [0, 0.05) is 36.2 Å². The van der Waals surface area contributed by atoms with E-state index in [0.717, 1.165) is 61.8 Å². The number of allylic oxidation sites excluding steroid dienone is 2. The number of hydrogen-bond acceptors (Lipinski definition) is 7. The lowest BCUT2D eigenvalue weighted by molar-refractivity contribution is -0.0231. The Morgan fingerprint density at radius 1 is 1.20 bits per heavy atom. The van der Waals surface area contributed by atoms with Crippen LogP contribution in [0.3, 0.4) is 0 Å². The van der Waals surface area contributed by atoms with Crippen molar-refractivity contribution in [1.82, 2.24) is 10.3 Å². The quantitative estimate of drug-likeness (QED) is 0.162. The van der Waals surface area contributed by atoms with Gasteiger partial charge in [0.15, 0.2) is 11.5 Å². The standard InChI is InChI=1S/C37H51N3O5/c1-2-37-15-3-6-26(13-17-37)36(44)31(8-4-16-37)32(42)11-9-25-10-12-33(43)34(20-25)45-30(24-41)22-28(21-29-7-5-18-39-29)27-14-19-40-35(38)23-27/h5,7,10,12,14,18,20,23,26,28,30-32,36,39-44H,2-3,6,8-9,11,13,15,17,19,21-22,24,38H2,1H3. The van der Waals surface area contributed by atoms with Crippen molar-refractivity contribution in [3.63, 3.8) is 0 Å². The van der Waals surface area contributed by atoms with E-state index in [0.29, 0.717) is 43.8 Å². The van der Waals surface area contributed by atoms with Crippen molar-refractivity contribution in [3.8, 4) is 23.3 Å². The number of dihydropyridines is 1. The van der Waals surface area contributed by atoms with Crippen LogP contribution in [0, 0.1) is 35.0 Å². The van der Waals surface area contributed by atoms with Crippen molar-refractivity contribution in [3.05, 3.63) is 71.3 Å². The van der Waals surface area contributed by atoms with E-state index >= 15 is 0 Å². The highest BCUT2D eigenvalue weighted by Crippen LogP contribution is 2.43. The molecule has 0 spiro atoms. The maximum Gasteiger partial charge on any atom is 0.161 e. The van der Waals surface area contributed by atoms with Gasteiger partial charge in [0.25, 0.3) is 0 Å². The number of aryl methyl sites for hydroxylation is 1. The molecule has 0 radical (unpaired) electrons. The summed E-state index contributed by atoms with van der Waals surface area (Å²) in [5.41, 5.74) is 9.19. The number of aliphatic hydroxyl groups excluding tert-OH is 3. The summed E-state index contributed by atoms with van der Waals surface area (Å²) in [5.74, 6) is 7.79. The van der Waals surface area contributed by atoms with Gasteiger partial charge in [0.1, 0.15) is 6.10 Å². The zero-order chi connectivity index (χ0) is 31.8. The Hall–Kier alpha value is -3.38. The number of nitrogens with one attached hydrogen (secondary N) is 2. The zero-order valence-corrected chi connectivity index (χ0v) is 26.5. The third kappa shape index (κ3) is 8.46. The largest absolute Gasteiger partial charge is 0.504 e. The molecule has 7 unspecified atom stereocenters. The summed E-state index contributed by atoms with van der Waals surface area (Å²) in [7, 11) is 0. The lowest BCUT2D eigenvalue weighted by atomic mass is 9.78. The number of aromatic hydroxyl groups is 1. The summed E-state index contributed by atoms with van der Waals surface area (Å²) in [6, 6.07) is 9.24. The van der Waals surface area contributed by atoms with E-state index in [1.807, 2.05) is 30.5 Å². The van der Waals surface area contributed by atoms with Crippen LogP contribution in [0.5, 0.6) is 11.5 Å². The second-order valence-corrected chi connectivity index (χ2v) is 13.3. The first-order valence-electron chi connectivity index (χ1n) is 16.8. The van der Waals surface area contributed by atoms with Crippen LogP contribution in [-0.2, 0) is 12.8 Å². The molecule has 2 aliphatic carbocycles. The van der Waals surface area contributed by atoms with Crippen LogP contribution in [0.4, 0.5) is 0 Å². The summed E-state index contributed by atoms with van der Waals surface area (Å²) in [6.07, 6.45) is 13.1. The van der Waals surface area contributed by atoms with Crippen molar-refractivity contribution in [2.24, 2.45) is 28.9 Å². The zero-order valence-electron chi connectivity index (χ0n) is 26.5. The van der Waals surface area contributed by atoms with E-state index in [1.165, 1.54) is 0 Å². The van der Waals surface area contributed by atoms with Gasteiger partial charge >= 0.3 is 0 Å². The molecule has 1 aliphatic heterocycles. The molecule has 244 valence electrons. The molecule has 2 heterocycles. The number of aromatic amines is 1. The van der Waals surface area contributed by atoms with Crippen LogP contribution < -0.4 is 15.8 Å². The van der Waals surface area contributed by atoms with E-state index in [-0.39, 0.29) is 35.5 Å². The van der Waals surface area contributed by atoms with E-state index < -0.39 is 18.3 Å². The van der Waals surface area contributed by atoms with Gasteiger partial charge in [-0.2, -0.15) is 0 Å². The number of nitrogens with two attached hydrogens (primary N) is 1. The minimum absolute atomic E-state index is 0.00237. The Morgan fingerprint density at radius 3 is 2.82 bits per heavy atom. The number of H-pyrrole nitrogens is 1. The van der Waals surface area contributed by atoms with Crippen LogP contribution >= 0.6 is 0 Å². The molecule has 8 N–H and O–H groups in total. The predicted molar refractivity (Wildman–Crippen MR) is 176 cm³/mol. The summed E-state index contributed by atoms with van der Waals surface area (Å²) < 4.78 is 6.23. The normalized spacial score (nSPS) is 26.8. The van der Waals surface area contributed by atoms with Gasteiger partial charge in [0.05, 0.1) is 24.6 Å². The number of hydrogen-bond donors (Lipinski definition) is 7. The topological polar surface area (TPSA) is 144 Å². The van der Waals surface area contributed by atoms with Gasteiger partial charge in [0.2, 0.25) is 0 Å². The minimum atomic E-state index is -0.693. The first-order chi connectivity index (χ1) is 21.8. The molecule has 45 heavy (non-hydrogen) atoms. The van der Waals surface area contributed by atoms with Crippen molar-refractivity contribution >= 4 is 0 Å². The molecular weight excluding hydrogens is 566 g/mol. The monoisotopic (exact) mass is 617 g/mol. The number of aliphatic hydroxyl groups is 3. The van der Waals surface area contributed by atoms with Gasteiger partial charge in [-0.05, 0) is 111 Å². The second kappa shape index (κ2) is 15.3. The van der Waals surface area contributed by atoms with Crippen LogP contribution in [0.15, 0.2) is 60.1 Å². The molecule has 2 aromatic rings. The highest BCUT2D eigenvalue weighted by Gasteiger charge is 2.38. The Labute approximate surface area is 267 Å². The average molecular weight is 618 g/mol. The lowest BCUT2D eigenvalue weighted by Crippen LogP contribution is -2.37. The highest BCUT2D eigenvalue weighted by molar-refractivity contribution is 5.42. The summed E-state index contributed by atoms with van der Waals surface area (Å²) >= 11 is 0. The number of fused-ring (bicyclic) bond motifs is 3. The van der Waals surface area contributed by atoms with Gasteiger partial charge in [-0.3, -0.25) is 0 Å². The molecule has 8 heteroatoms. The smallest absolute Gasteiger partial charge is 0.161 e. The lowest BCUT2D eigenvalue weighted by Gasteiger charge is -2.31. The molecule has 1 saturated carbocycles. The molecular formula is C37H51N3O5. The molecule has 7 atom stereocenters. The molecule has 1 fully saturated rings. The molecule has 1 aromatic heterocycles. The number of ether oxygens (including phenoxy) is 1. The first-order valence-corrected chi connectivity index (χ1v) is 16.8. The van der Waals surface area contributed by atoms with Crippen LogP contribution in [0.25, 0.3) is 0 Å². The number of phenolic OH excluding ortho intramolecular Hbond substituents is 1. The Morgan fingerprint density at radius 2 is 2.07 bits per heavy atom. The fourth-order valence-corrected chi connectivity index (χ4v) is 7.48. The van der Waals surface area contributed by atoms with Crippen LogP contribution in [-0.4, -0.2) is 56.9 Å². The van der Waals surface area contributed by atoms with E-state index in [2.05, 4.69) is 35.1 Å². The maximum absolute atomic E-state index is 11.4. The molecule has 0 saturated heterocycles. The summed E-state index contributed by atoms with van der Waals surface area (Å²) in [4.78, 5) is 3.27. The third-order valence-electron chi connectivity index (χ3n) is 10.4. The molecule has 1 aromatic carbocycles. The Kier molecular flexibility index (Phi) is 11.2. The van der Waals surface area contributed by atoms with Gasteiger partial charge in [-0.25, -0.2) is 0 Å². The Balaban J connectivity index is 1.24. The van der Waals surface area contributed by atoms with Gasteiger partial charge in [-0.15, -0.1) is 5.92 Å². The van der Waals surface area contributed by atoms with Gasteiger partial charge < -0.3 is 41.2 Å². The molecule has 5 rings (SSSR count). The Bertz CT molecular complexity index is 1380. The third-order valence-corrected chi connectivity index (χ3v) is 10.4. The SMILES string of the molecule is CCC12C#CCC(C(O)CCc3ccc(O)c(OC(CO)CC(Cc4ccc[nH]4)C4=CCNC(N)=C4)c3)C(O)C(CCC1)CC2. The van der Waals surface area contributed by atoms with Gasteiger partial charge in [-0.1, -0.05) is 31.4 Å². The summed E-state index contributed by atoms with van der Waals surface area (Å²) in [6.45, 7) is 2.65.